The Kier molecular flexibility index (Phi) is 11.8. The van der Waals surface area contributed by atoms with Gasteiger partial charge in [-0.2, -0.15) is 0 Å². The van der Waals surface area contributed by atoms with Crippen molar-refractivity contribution in [3.8, 4) is 22.3 Å². The van der Waals surface area contributed by atoms with Crippen LogP contribution in [0.15, 0.2) is 237 Å². The molecule has 0 spiro atoms. The second-order valence-corrected chi connectivity index (χ2v) is 24.5. The fraction of sp³-hybridized carbons (Fsp3) is 0.165. The zero-order valence-electron chi connectivity index (χ0n) is 48.9. The molecule has 0 bridgehead atoms. The van der Waals surface area contributed by atoms with Gasteiger partial charge in [-0.05, 0) is 215 Å². The van der Waals surface area contributed by atoms with E-state index in [2.05, 4.69) is 321 Å². The smallest absolute Gasteiger partial charge is 0.0742 e. The fourth-order valence-corrected chi connectivity index (χ4v) is 14.4. The molecule has 0 unspecified atom stereocenters. The van der Waals surface area contributed by atoms with Crippen LogP contribution in [0.4, 0.5) is 51.2 Å². The summed E-state index contributed by atoms with van der Waals surface area (Å²) in [5.41, 5.74) is 32.4. The molecule has 0 saturated heterocycles. The summed E-state index contributed by atoms with van der Waals surface area (Å²) in [7, 11) is 0. The minimum atomic E-state index is -0.739. The summed E-state index contributed by atoms with van der Waals surface area (Å²) in [5.74, 6) is 0. The largest absolute Gasteiger partial charge is 0.310 e. The van der Waals surface area contributed by atoms with Crippen LogP contribution >= 0.6 is 0 Å². The van der Waals surface area contributed by atoms with Crippen LogP contribution in [0.5, 0.6) is 0 Å². The molecule has 3 heteroatoms. The normalized spacial score (nSPS) is 14.5. The van der Waals surface area contributed by atoms with E-state index >= 15 is 0 Å². The molecule has 11 aromatic carbocycles. The molecule has 0 atom stereocenters. The van der Waals surface area contributed by atoms with Crippen molar-refractivity contribution < 1.29 is 0 Å². The van der Waals surface area contributed by atoms with Crippen molar-refractivity contribution in [1.82, 2.24) is 0 Å². The van der Waals surface area contributed by atoms with Crippen molar-refractivity contribution in [1.29, 1.82) is 0 Å². The third-order valence-electron chi connectivity index (χ3n) is 19.0. The summed E-state index contributed by atoms with van der Waals surface area (Å²) < 4.78 is 0. The molecule has 0 aromatic heterocycles. The summed E-state index contributed by atoms with van der Waals surface area (Å²) >= 11 is 0. The number of anilines is 9. The van der Waals surface area contributed by atoms with Crippen LogP contribution in [-0.4, -0.2) is 0 Å². The maximum absolute atomic E-state index is 2.49. The van der Waals surface area contributed by atoms with Crippen LogP contribution in [0.25, 0.3) is 22.3 Å². The topological polar surface area (TPSA) is 9.72 Å². The van der Waals surface area contributed by atoms with Crippen LogP contribution in [0.2, 0.25) is 0 Å². The summed E-state index contributed by atoms with van der Waals surface area (Å²) in [4.78, 5) is 7.45. The molecular formula is C79H69N3. The highest BCUT2D eigenvalue weighted by Crippen LogP contribution is 2.59. The van der Waals surface area contributed by atoms with E-state index in [-0.39, 0.29) is 10.8 Å². The average molecular weight is 1060 g/mol. The Hall–Kier alpha value is -9.18. The molecule has 14 rings (SSSR count). The second-order valence-electron chi connectivity index (χ2n) is 24.5. The molecule has 3 nitrogen and oxygen atoms in total. The molecule has 0 saturated carbocycles. The molecule has 11 aromatic rings. The van der Waals surface area contributed by atoms with E-state index < -0.39 is 5.41 Å². The Labute approximate surface area is 485 Å². The Bertz CT molecular complexity index is 4140. The molecule has 82 heavy (non-hydrogen) atoms. The van der Waals surface area contributed by atoms with Crippen molar-refractivity contribution >= 4 is 51.2 Å². The molecule has 0 fully saturated rings. The highest BCUT2D eigenvalue weighted by molar-refractivity contribution is 5.92. The van der Waals surface area contributed by atoms with Crippen LogP contribution in [0.1, 0.15) is 106 Å². The summed E-state index contributed by atoms with van der Waals surface area (Å²) in [6.07, 6.45) is 0. The Morgan fingerprint density at radius 1 is 0.305 bits per heavy atom. The molecule has 3 aliphatic rings. The van der Waals surface area contributed by atoms with Gasteiger partial charge in [0.25, 0.3) is 0 Å². The lowest BCUT2D eigenvalue weighted by Gasteiger charge is -2.47. The lowest BCUT2D eigenvalue weighted by atomic mass is 9.62. The van der Waals surface area contributed by atoms with Crippen molar-refractivity contribution in [3.05, 3.63) is 314 Å². The van der Waals surface area contributed by atoms with E-state index in [1.54, 1.807) is 0 Å². The SMILES string of the molecule is Cc1ccc(N2c3ccccc3C(c3ccc(N(c4ccc5c(c4)C(C)(C)c4ccccc4-5)c4cccc(C)c4C)cc3)(c3ccc(N(c4ccc5c(c4)C(C)(C)c4ccccc4-5)c4cccc(C)c4C)cc3)c3cc(C)ccc32)cc1. The zero-order valence-corrected chi connectivity index (χ0v) is 48.9. The molecule has 0 N–H and O–H groups in total. The standard InChI is InChI=1S/C79H69N3/c1-50-29-36-60(37-30-50)82-75-26-16-15-25-69(75)79(72-47-51(2)31-46-76(72)82,56-32-38-58(39-33-56)80(73-27-17-19-52(3)54(73)5)61-42-44-65-63-21-11-13-23-67(63)77(7,8)70(65)48-61)57-34-40-59(41-35-57)81(74-28-18-20-53(4)55(74)6)62-43-45-66-64-22-12-14-24-68(64)78(9,10)71(66)49-62/h11-49H,1-10H3. The first-order valence-electron chi connectivity index (χ1n) is 29.2. The van der Waals surface area contributed by atoms with Gasteiger partial charge in [0.1, 0.15) is 0 Å². The second kappa shape index (κ2) is 19.0. The van der Waals surface area contributed by atoms with Gasteiger partial charge in [-0.25, -0.2) is 0 Å². The summed E-state index contributed by atoms with van der Waals surface area (Å²) in [6, 6.07) is 90.0. The summed E-state index contributed by atoms with van der Waals surface area (Å²) in [6.45, 7) is 22.9. The fourth-order valence-electron chi connectivity index (χ4n) is 14.4. The minimum absolute atomic E-state index is 0.145. The van der Waals surface area contributed by atoms with E-state index in [0.29, 0.717) is 0 Å². The van der Waals surface area contributed by atoms with Crippen molar-refractivity contribution in [2.24, 2.45) is 0 Å². The highest BCUT2D eigenvalue weighted by Gasteiger charge is 2.47. The number of nitrogens with zero attached hydrogens (tertiary/aromatic N) is 3. The van der Waals surface area contributed by atoms with Crippen LogP contribution in [-0.2, 0) is 16.2 Å². The molecule has 1 heterocycles. The minimum Gasteiger partial charge on any atom is -0.310 e. The molecule has 400 valence electrons. The van der Waals surface area contributed by atoms with Gasteiger partial charge in [0.05, 0.1) is 16.8 Å². The van der Waals surface area contributed by atoms with E-state index in [1.807, 2.05) is 0 Å². The van der Waals surface area contributed by atoms with Gasteiger partial charge in [-0.1, -0.05) is 190 Å². The zero-order chi connectivity index (χ0) is 56.4. The van der Waals surface area contributed by atoms with E-state index in [0.717, 1.165) is 34.1 Å². The van der Waals surface area contributed by atoms with E-state index in [1.165, 1.54) is 117 Å². The lowest BCUT2D eigenvalue weighted by molar-refractivity contribution is 0.660. The van der Waals surface area contributed by atoms with Gasteiger partial charge in [-0.15, -0.1) is 0 Å². The maximum atomic E-state index is 2.49. The summed E-state index contributed by atoms with van der Waals surface area (Å²) in [5, 5.41) is 0. The van der Waals surface area contributed by atoms with E-state index in [4.69, 9.17) is 0 Å². The predicted octanol–water partition coefficient (Wildman–Crippen LogP) is 21.3. The van der Waals surface area contributed by atoms with Crippen LogP contribution in [0.3, 0.4) is 0 Å². The Morgan fingerprint density at radius 3 is 1.22 bits per heavy atom. The molecule has 1 aliphatic heterocycles. The van der Waals surface area contributed by atoms with Crippen molar-refractivity contribution in [2.45, 2.75) is 85.5 Å². The van der Waals surface area contributed by atoms with Gasteiger partial charge in [0.15, 0.2) is 0 Å². The van der Waals surface area contributed by atoms with Crippen molar-refractivity contribution in [3.63, 3.8) is 0 Å². The maximum Gasteiger partial charge on any atom is 0.0742 e. The third-order valence-corrected chi connectivity index (χ3v) is 19.0. The first-order chi connectivity index (χ1) is 39.7. The average Bonchev–Trinajstić information content (AvgIpc) is 2.04. The highest BCUT2D eigenvalue weighted by atomic mass is 15.2. The quantitative estimate of drug-likeness (QED) is 0.143. The Morgan fingerprint density at radius 2 is 0.720 bits per heavy atom. The predicted molar refractivity (Wildman–Crippen MR) is 346 cm³/mol. The third kappa shape index (κ3) is 7.62. The molecule has 0 radical (unpaired) electrons. The van der Waals surface area contributed by atoms with E-state index in [9.17, 15) is 0 Å². The molecule has 0 amide bonds. The van der Waals surface area contributed by atoms with Gasteiger partial charge in [0.2, 0.25) is 0 Å². The van der Waals surface area contributed by atoms with Crippen molar-refractivity contribution in [2.75, 3.05) is 14.7 Å². The first-order valence-corrected chi connectivity index (χ1v) is 29.2. The number of hydrogen-bond acceptors (Lipinski definition) is 3. The number of para-hydroxylation sites is 1. The van der Waals surface area contributed by atoms with Crippen LogP contribution in [0, 0.1) is 41.5 Å². The Balaban J connectivity index is 0.977. The number of benzene rings is 11. The van der Waals surface area contributed by atoms with Crippen LogP contribution < -0.4 is 14.7 Å². The van der Waals surface area contributed by atoms with Gasteiger partial charge < -0.3 is 14.7 Å². The lowest BCUT2D eigenvalue weighted by Crippen LogP contribution is -2.38. The molecular weight excluding hydrogens is 991 g/mol. The first kappa shape index (κ1) is 51.0. The number of aryl methyl sites for hydroxylation is 4. The molecule has 2 aliphatic carbocycles. The van der Waals surface area contributed by atoms with Gasteiger partial charge in [-0.3, -0.25) is 0 Å². The van der Waals surface area contributed by atoms with Gasteiger partial charge in [0, 0.05) is 50.6 Å². The number of fused-ring (bicyclic) bond motifs is 8. The monoisotopic (exact) mass is 1060 g/mol. The number of rotatable bonds is 9. The van der Waals surface area contributed by atoms with Gasteiger partial charge >= 0.3 is 0 Å². The number of hydrogen-bond donors (Lipinski definition) is 0.